The molecule has 1 aromatic rings. The normalized spacial score (nSPS) is 21.0. The number of amides is 2. The minimum absolute atomic E-state index is 0. The van der Waals surface area contributed by atoms with Gasteiger partial charge in [0.2, 0.25) is 11.8 Å². The second kappa shape index (κ2) is 9.08. The summed E-state index contributed by atoms with van der Waals surface area (Å²) in [5.74, 6) is 0.131. The van der Waals surface area contributed by atoms with E-state index < -0.39 is 0 Å². The number of likely N-dealkylation sites (tertiary alicyclic amines) is 1. The molecule has 138 valence electrons. The first-order chi connectivity index (χ1) is 11.6. The van der Waals surface area contributed by atoms with Crippen molar-refractivity contribution in [1.82, 2.24) is 15.1 Å². The van der Waals surface area contributed by atoms with Gasteiger partial charge in [0, 0.05) is 42.3 Å². The van der Waals surface area contributed by atoms with E-state index in [0.29, 0.717) is 35.2 Å². The number of nitrogens with one attached hydrogen (secondary N) is 1. The molecule has 2 saturated heterocycles. The Hall–Kier alpha value is -1.01. The summed E-state index contributed by atoms with van der Waals surface area (Å²) in [5, 5.41) is 4.11. The van der Waals surface area contributed by atoms with Crippen LogP contribution >= 0.6 is 35.6 Å². The van der Waals surface area contributed by atoms with Crippen LogP contribution in [0.1, 0.15) is 18.4 Å². The Bertz CT molecular complexity index is 621. The fourth-order valence-corrected chi connectivity index (χ4v) is 3.94. The molecule has 1 atom stereocenters. The molecule has 0 bridgehead atoms. The van der Waals surface area contributed by atoms with Gasteiger partial charge in [-0.15, -0.1) is 12.4 Å². The first kappa shape index (κ1) is 20.3. The molecule has 5 nitrogen and oxygen atoms in total. The molecule has 2 fully saturated rings. The number of hydrogen-bond donors (Lipinski definition) is 1. The zero-order valence-electron chi connectivity index (χ0n) is 13.8. The third-order valence-electron chi connectivity index (χ3n) is 4.71. The summed E-state index contributed by atoms with van der Waals surface area (Å²) in [6, 6.07) is 5.37. The van der Waals surface area contributed by atoms with Gasteiger partial charge >= 0.3 is 0 Å². The van der Waals surface area contributed by atoms with Gasteiger partial charge in [0.15, 0.2) is 0 Å². The third-order valence-corrected chi connectivity index (χ3v) is 5.41. The van der Waals surface area contributed by atoms with E-state index in [2.05, 4.69) is 5.32 Å². The van der Waals surface area contributed by atoms with Crippen molar-refractivity contribution in [2.24, 2.45) is 0 Å². The number of carbonyl (C=O) groups excluding carboxylic acids is 2. The lowest BCUT2D eigenvalue weighted by Gasteiger charge is -2.41. The molecule has 1 unspecified atom stereocenters. The highest BCUT2D eigenvalue weighted by Crippen LogP contribution is 2.26. The van der Waals surface area contributed by atoms with Crippen LogP contribution in [-0.4, -0.2) is 60.4 Å². The van der Waals surface area contributed by atoms with E-state index in [4.69, 9.17) is 23.2 Å². The summed E-state index contributed by atoms with van der Waals surface area (Å²) in [5.41, 5.74) is 0.672. The fraction of sp³-hybridized carbons (Fsp3) is 0.529. The summed E-state index contributed by atoms with van der Waals surface area (Å²) >= 11 is 12.3. The van der Waals surface area contributed by atoms with Gasteiger partial charge in [-0.2, -0.15) is 0 Å². The van der Waals surface area contributed by atoms with Crippen LogP contribution in [0.3, 0.4) is 0 Å². The number of benzene rings is 1. The molecule has 8 heteroatoms. The monoisotopic (exact) mass is 405 g/mol. The molecule has 3 rings (SSSR count). The van der Waals surface area contributed by atoms with E-state index >= 15 is 0 Å². The molecular formula is C17H22Cl3N3O2. The molecular weight excluding hydrogens is 385 g/mol. The lowest BCUT2D eigenvalue weighted by molar-refractivity contribution is -0.140. The topological polar surface area (TPSA) is 52.7 Å². The van der Waals surface area contributed by atoms with Crippen molar-refractivity contribution in [1.29, 1.82) is 0 Å². The molecule has 2 amide bonds. The highest BCUT2D eigenvalue weighted by atomic mass is 35.5. The number of piperazine rings is 1. The Morgan fingerprint density at radius 1 is 1.24 bits per heavy atom. The predicted molar refractivity (Wildman–Crippen MR) is 102 cm³/mol. The fourth-order valence-electron chi connectivity index (χ4n) is 3.41. The highest BCUT2D eigenvalue weighted by Gasteiger charge is 2.31. The third kappa shape index (κ3) is 4.79. The first-order valence-electron chi connectivity index (χ1n) is 8.27. The van der Waals surface area contributed by atoms with Crippen LogP contribution in [-0.2, 0) is 16.0 Å². The number of nitrogens with zero attached hydrogens (tertiary/aromatic N) is 2. The summed E-state index contributed by atoms with van der Waals surface area (Å²) in [7, 11) is 0. The lowest BCUT2D eigenvalue weighted by Crippen LogP contribution is -2.57. The molecule has 0 aliphatic carbocycles. The van der Waals surface area contributed by atoms with Crippen LogP contribution in [0.2, 0.25) is 10.0 Å². The Balaban J connectivity index is 0.00000225. The number of piperidine rings is 1. The predicted octanol–water partition coefficient (Wildman–Crippen LogP) is 2.38. The van der Waals surface area contributed by atoms with Gasteiger partial charge < -0.3 is 15.1 Å². The van der Waals surface area contributed by atoms with Crippen molar-refractivity contribution < 1.29 is 9.59 Å². The molecule has 0 radical (unpaired) electrons. The molecule has 2 aliphatic heterocycles. The Morgan fingerprint density at radius 3 is 2.64 bits per heavy atom. The lowest BCUT2D eigenvalue weighted by atomic mass is 10.0. The van der Waals surface area contributed by atoms with Crippen molar-refractivity contribution >= 4 is 47.4 Å². The standard InChI is InChI=1S/C17H21Cl2N3O2.ClH/c18-14-4-1-5-15(19)13(14)9-16(23)21-7-2-3-12(11-21)22-8-6-20-10-17(22)24;/h1,4-5,12,20H,2-3,6-11H2;1H. The van der Waals surface area contributed by atoms with Gasteiger partial charge in [0.25, 0.3) is 0 Å². The van der Waals surface area contributed by atoms with Crippen molar-refractivity contribution in [2.75, 3.05) is 32.7 Å². The average Bonchev–Trinajstić information content (AvgIpc) is 2.59. The molecule has 0 aromatic heterocycles. The van der Waals surface area contributed by atoms with Crippen LogP contribution in [0.15, 0.2) is 18.2 Å². The van der Waals surface area contributed by atoms with Crippen LogP contribution in [0.5, 0.6) is 0 Å². The molecule has 2 aliphatic rings. The van der Waals surface area contributed by atoms with Crippen LogP contribution in [0.25, 0.3) is 0 Å². The smallest absolute Gasteiger partial charge is 0.236 e. The van der Waals surface area contributed by atoms with Gasteiger partial charge in [-0.1, -0.05) is 29.3 Å². The van der Waals surface area contributed by atoms with Gasteiger partial charge in [0.1, 0.15) is 0 Å². The van der Waals surface area contributed by atoms with Gasteiger partial charge in [-0.3, -0.25) is 9.59 Å². The number of hydrogen-bond acceptors (Lipinski definition) is 3. The van der Waals surface area contributed by atoms with Crippen molar-refractivity contribution in [3.05, 3.63) is 33.8 Å². The highest BCUT2D eigenvalue weighted by molar-refractivity contribution is 6.36. The average molecular weight is 407 g/mol. The summed E-state index contributed by atoms with van der Waals surface area (Å²) < 4.78 is 0. The quantitative estimate of drug-likeness (QED) is 0.838. The van der Waals surface area contributed by atoms with E-state index in [1.165, 1.54) is 0 Å². The summed E-state index contributed by atoms with van der Waals surface area (Å²) in [4.78, 5) is 28.5. The molecule has 25 heavy (non-hydrogen) atoms. The maximum Gasteiger partial charge on any atom is 0.236 e. The van der Waals surface area contributed by atoms with Crippen LogP contribution < -0.4 is 5.32 Å². The van der Waals surface area contributed by atoms with E-state index in [1.54, 1.807) is 18.2 Å². The van der Waals surface area contributed by atoms with Crippen molar-refractivity contribution in [3.8, 4) is 0 Å². The molecule has 1 aromatic carbocycles. The SMILES string of the molecule is Cl.O=C(Cc1c(Cl)cccc1Cl)N1CCCC(N2CCNCC2=O)C1. The second-order valence-electron chi connectivity index (χ2n) is 6.28. The largest absolute Gasteiger partial charge is 0.340 e. The number of carbonyl (C=O) groups is 2. The van der Waals surface area contributed by atoms with E-state index in [9.17, 15) is 9.59 Å². The molecule has 0 spiro atoms. The van der Waals surface area contributed by atoms with E-state index in [0.717, 1.165) is 25.9 Å². The van der Waals surface area contributed by atoms with Gasteiger partial charge in [0.05, 0.1) is 13.0 Å². The minimum Gasteiger partial charge on any atom is -0.340 e. The van der Waals surface area contributed by atoms with Crippen LogP contribution in [0, 0.1) is 0 Å². The zero-order chi connectivity index (χ0) is 17.1. The Labute approximate surface area is 164 Å². The summed E-state index contributed by atoms with van der Waals surface area (Å²) in [6.07, 6.45) is 2.05. The second-order valence-corrected chi connectivity index (χ2v) is 7.09. The van der Waals surface area contributed by atoms with Gasteiger partial charge in [-0.05, 0) is 30.5 Å². The molecule has 2 heterocycles. The minimum atomic E-state index is 0. The summed E-state index contributed by atoms with van der Waals surface area (Å²) in [6.45, 7) is 3.22. The Kier molecular flexibility index (Phi) is 7.37. The van der Waals surface area contributed by atoms with Gasteiger partial charge in [-0.25, -0.2) is 0 Å². The maximum absolute atomic E-state index is 12.7. The maximum atomic E-state index is 12.7. The van der Waals surface area contributed by atoms with Crippen molar-refractivity contribution in [2.45, 2.75) is 25.3 Å². The number of halogens is 3. The first-order valence-corrected chi connectivity index (χ1v) is 9.02. The van der Waals surface area contributed by atoms with Crippen molar-refractivity contribution in [3.63, 3.8) is 0 Å². The zero-order valence-corrected chi connectivity index (χ0v) is 16.2. The Morgan fingerprint density at radius 2 is 1.96 bits per heavy atom. The van der Waals surface area contributed by atoms with Crippen LogP contribution in [0.4, 0.5) is 0 Å². The van der Waals surface area contributed by atoms with E-state index in [-0.39, 0.29) is 36.7 Å². The number of rotatable bonds is 3. The molecule has 1 N–H and O–H groups in total. The molecule has 0 saturated carbocycles. The van der Waals surface area contributed by atoms with E-state index in [1.807, 2.05) is 9.80 Å².